The van der Waals surface area contributed by atoms with Crippen LogP contribution in [0, 0.1) is 0 Å². The molecule has 0 bridgehead atoms. The fourth-order valence-corrected chi connectivity index (χ4v) is 7.98. The minimum atomic E-state index is -2.00. The second kappa shape index (κ2) is 11.7. The van der Waals surface area contributed by atoms with Crippen LogP contribution in [0.25, 0.3) is 0 Å². The topological polar surface area (TPSA) is 18.5 Å². The molecule has 0 saturated heterocycles. The second-order valence-corrected chi connectivity index (χ2v) is 10.1. The third-order valence-electron chi connectivity index (χ3n) is 4.80. The van der Waals surface area contributed by atoms with E-state index < -0.39 is 8.56 Å². The van der Waals surface area contributed by atoms with Gasteiger partial charge >= 0.3 is 8.56 Å². The van der Waals surface area contributed by atoms with Crippen LogP contribution >= 0.6 is 0 Å². The van der Waals surface area contributed by atoms with Crippen LogP contribution in [0.5, 0.6) is 0 Å². The van der Waals surface area contributed by atoms with Crippen LogP contribution in [-0.2, 0) is 8.85 Å². The van der Waals surface area contributed by atoms with Crippen LogP contribution < -0.4 is 0 Å². The molecule has 3 heteroatoms. The van der Waals surface area contributed by atoms with Crippen molar-refractivity contribution in [1.29, 1.82) is 0 Å². The summed E-state index contributed by atoms with van der Waals surface area (Å²) in [6.45, 7) is 8.39. The number of unbranched alkanes of at least 4 members (excludes halogenated alkanes) is 3. The lowest BCUT2D eigenvalue weighted by Gasteiger charge is -2.37. The van der Waals surface area contributed by atoms with Crippen molar-refractivity contribution in [2.75, 3.05) is 13.2 Å². The van der Waals surface area contributed by atoms with E-state index in [2.05, 4.69) is 20.8 Å². The highest BCUT2D eigenvalue weighted by Gasteiger charge is 2.44. The molecular formula is C18H38O2Si. The molecule has 0 amide bonds. The van der Waals surface area contributed by atoms with E-state index in [0.29, 0.717) is 0 Å². The summed E-state index contributed by atoms with van der Waals surface area (Å²) in [5, 5.41) is 0. The zero-order valence-electron chi connectivity index (χ0n) is 14.8. The molecular weight excluding hydrogens is 276 g/mol. The molecule has 1 aliphatic carbocycles. The summed E-state index contributed by atoms with van der Waals surface area (Å²) < 4.78 is 12.9. The molecule has 0 aromatic rings. The summed E-state index contributed by atoms with van der Waals surface area (Å²) in [4.78, 5) is 0. The summed E-state index contributed by atoms with van der Waals surface area (Å²) >= 11 is 0. The zero-order chi connectivity index (χ0) is 15.4. The Bertz CT molecular complexity index is 239. The van der Waals surface area contributed by atoms with E-state index >= 15 is 0 Å². The van der Waals surface area contributed by atoms with E-state index in [0.717, 1.165) is 25.2 Å². The van der Waals surface area contributed by atoms with Gasteiger partial charge in [0.05, 0.1) is 0 Å². The third-order valence-corrected chi connectivity index (χ3v) is 9.14. The Labute approximate surface area is 134 Å². The van der Waals surface area contributed by atoms with Crippen molar-refractivity contribution in [2.24, 2.45) is 0 Å². The maximum Gasteiger partial charge on any atom is 0.341 e. The molecule has 2 nitrogen and oxygen atoms in total. The van der Waals surface area contributed by atoms with Crippen LogP contribution in [0.4, 0.5) is 0 Å². The number of hydrogen-bond acceptors (Lipinski definition) is 2. The van der Waals surface area contributed by atoms with E-state index in [-0.39, 0.29) is 0 Å². The van der Waals surface area contributed by atoms with Crippen molar-refractivity contribution in [3.8, 4) is 0 Å². The van der Waals surface area contributed by atoms with Gasteiger partial charge in [0.25, 0.3) is 0 Å². The average molecular weight is 315 g/mol. The van der Waals surface area contributed by atoms with Gasteiger partial charge in [-0.3, -0.25) is 0 Å². The Morgan fingerprint density at radius 3 is 2.10 bits per heavy atom. The van der Waals surface area contributed by atoms with Gasteiger partial charge in [-0.25, -0.2) is 0 Å². The average Bonchev–Trinajstić information content (AvgIpc) is 2.78. The Morgan fingerprint density at radius 2 is 1.52 bits per heavy atom. The van der Waals surface area contributed by atoms with Crippen LogP contribution in [0.2, 0.25) is 11.6 Å². The van der Waals surface area contributed by atoms with E-state index in [1.54, 1.807) is 0 Å². The van der Waals surface area contributed by atoms with Crippen LogP contribution in [0.15, 0.2) is 0 Å². The monoisotopic (exact) mass is 314 g/mol. The first-order valence-corrected chi connectivity index (χ1v) is 11.7. The van der Waals surface area contributed by atoms with Gasteiger partial charge in [-0.05, 0) is 32.2 Å². The van der Waals surface area contributed by atoms with Gasteiger partial charge in [-0.2, -0.15) is 0 Å². The first-order chi connectivity index (χ1) is 10.3. The Morgan fingerprint density at radius 1 is 0.810 bits per heavy atom. The number of rotatable bonds is 11. The molecule has 1 unspecified atom stereocenters. The highest BCUT2D eigenvalue weighted by molar-refractivity contribution is 6.69. The predicted molar refractivity (Wildman–Crippen MR) is 94.0 cm³/mol. The Kier molecular flexibility index (Phi) is 10.7. The molecule has 1 atom stereocenters. The molecule has 1 aliphatic rings. The minimum Gasteiger partial charge on any atom is -0.394 e. The van der Waals surface area contributed by atoms with Crippen molar-refractivity contribution < 1.29 is 8.85 Å². The molecule has 126 valence electrons. The lowest BCUT2D eigenvalue weighted by Crippen LogP contribution is -2.47. The van der Waals surface area contributed by atoms with Gasteiger partial charge in [-0.15, -0.1) is 0 Å². The van der Waals surface area contributed by atoms with Gasteiger partial charge in [0.2, 0.25) is 0 Å². The number of hydrogen-bond donors (Lipinski definition) is 0. The highest BCUT2D eigenvalue weighted by atomic mass is 28.4. The Hall–Kier alpha value is 0.137. The molecule has 0 aromatic carbocycles. The molecule has 0 spiro atoms. The quantitative estimate of drug-likeness (QED) is 0.257. The smallest absolute Gasteiger partial charge is 0.341 e. The first kappa shape index (κ1) is 19.2. The molecule has 0 aromatic heterocycles. The van der Waals surface area contributed by atoms with Crippen LogP contribution in [-0.4, -0.2) is 21.8 Å². The summed E-state index contributed by atoms with van der Waals surface area (Å²) in [5.74, 6) is 0. The molecule has 0 aliphatic heterocycles. The summed E-state index contributed by atoms with van der Waals surface area (Å²) in [5.41, 5.74) is 0.744. The predicted octanol–water partition coefficient (Wildman–Crippen LogP) is 6.20. The van der Waals surface area contributed by atoms with Crippen molar-refractivity contribution in [1.82, 2.24) is 0 Å². The van der Waals surface area contributed by atoms with Crippen molar-refractivity contribution >= 4 is 8.56 Å². The van der Waals surface area contributed by atoms with Crippen molar-refractivity contribution in [3.63, 3.8) is 0 Å². The molecule has 21 heavy (non-hydrogen) atoms. The van der Waals surface area contributed by atoms with Crippen molar-refractivity contribution in [3.05, 3.63) is 0 Å². The van der Waals surface area contributed by atoms with Gasteiger partial charge < -0.3 is 8.85 Å². The van der Waals surface area contributed by atoms with Gasteiger partial charge in [0.15, 0.2) is 0 Å². The van der Waals surface area contributed by atoms with E-state index in [4.69, 9.17) is 8.85 Å². The lowest BCUT2D eigenvalue weighted by atomic mass is 10.2. The van der Waals surface area contributed by atoms with Crippen LogP contribution in [0.3, 0.4) is 0 Å². The van der Waals surface area contributed by atoms with Gasteiger partial charge in [-0.1, -0.05) is 65.2 Å². The summed E-state index contributed by atoms with van der Waals surface area (Å²) in [7, 11) is -2.00. The highest BCUT2D eigenvalue weighted by Crippen LogP contribution is 2.40. The van der Waals surface area contributed by atoms with E-state index in [1.807, 2.05) is 0 Å². The SMILES string of the molecule is CCCCCC[Si](OCC)(OCCC)C1CCCCCC1. The molecule has 1 fully saturated rings. The Balaban J connectivity index is 2.70. The zero-order valence-corrected chi connectivity index (χ0v) is 15.8. The third kappa shape index (κ3) is 6.83. The first-order valence-electron chi connectivity index (χ1n) is 9.57. The maximum absolute atomic E-state index is 6.51. The van der Waals surface area contributed by atoms with E-state index in [9.17, 15) is 0 Å². The molecule has 0 radical (unpaired) electrons. The van der Waals surface area contributed by atoms with E-state index in [1.165, 1.54) is 70.3 Å². The fourth-order valence-electron chi connectivity index (χ4n) is 3.66. The molecule has 1 saturated carbocycles. The maximum atomic E-state index is 6.51. The van der Waals surface area contributed by atoms with Crippen molar-refractivity contribution in [2.45, 2.75) is 103 Å². The standard InChI is InChI=1S/C18H38O2Si/c1-4-7-8-13-17-21(19-6-3,20-16-5-2)18-14-11-9-10-12-15-18/h18H,4-17H2,1-3H3. The van der Waals surface area contributed by atoms with Crippen LogP contribution in [0.1, 0.15) is 91.4 Å². The summed E-state index contributed by atoms with van der Waals surface area (Å²) in [6.07, 6.45) is 14.7. The normalized spacial score (nSPS) is 20.1. The fraction of sp³-hybridized carbons (Fsp3) is 1.00. The van der Waals surface area contributed by atoms with Gasteiger partial charge in [0, 0.05) is 18.8 Å². The minimum absolute atomic E-state index is 0.744. The van der Waals surface area contributed by atoms with Gasteiger partial charge in [0.1, 0.15) is 0 Å². The lowest BCUT2D eigenvalue weighted by molar-refractivity contribution is 0.160. The second-order valence-electron chi connectivity index (χ2n) is 6.59. The summed E-state index contributed by atoms with van der Waals surface area (Å²) in [6, 6.07) is 1.23. The largest absolute Gasteiger partial charge is 0.394 e. The molecule has 0 N–H and O–H groups in total. The molecule has 1 rings (SSSR count). The molecule has 0 heterocycles.